The zero-order chi connectivity index (χ0) is 15.2. The average Bonchev–Trinajstić information content (AvgIpc) is 2.47. The zero-order valence-corrected chi connectivity index (χ0v) is 11.7. The summed E-state index contributed by atoms with van der Waals surface area (Å²) >= 11 is 0. The van der Waals surface area contributed by atoms with Gasteiger partial charge in [-0.05, 0) is 42.3 Å². The predicted octanol–water partition coefficient (Wildman–Crippen LogP) is 2.61. The Morgan fingerprint density at radius 3 is 2.62 bits per heavy atom. The molecule has 0 aromatic heterocycles. The highest BCUT2D eigenvalue weighted by Gasteiger charge is 2.01. The summed E-state index contributed by atoms with van der Waals surface area (Å²) in [5.41, 5.74) is 7.77. The van der Waals surface area contributed by atoms with E-state index in [2.05, 4.69) is 5.32 Å². The van der Waals surface area contributed by atoms with Crippen molar-refractivity contribution in [3.05, 3.63) is 59.4 Å². The minimum Gasteiger partial charge on any atom is -0.484 e. The van der Waals surface area contributed by atoms with Crippen LogP contribution in [0.15, 0.2) is 42.5 Å². The molecule has 2 aromatic rings. The molecule has 4 nitrogen and oxygen atoms in total. The van der Waals surface area contributed by atoms with Crippen LogP contribution in [0, 0.1) is 12.7 Å². The molecule has 2 rings (SSSR count). The summed E-state index contributed by atoms with van der Waals surface area (Å²) in [5.74, 6) is -0.194. The fourth-order valence-corrected chi connectivity index (χ4v) is 1.84. The smallest absolute Gasteiger partial charge is 0.255 e. The van der Waals surface area contributed by atoms with E-state index < -0.39 is 5.91 Å². The maximum Gasteiger partial charge on any atom is 0.255 e. The van der Waals surface area contributed by atoms with Crippen LogP contribution in [0.3, 0.4) is 0 Å². The Morgan fingerprint density at radius 1 is 1.24 bits per heavy atom. The number of hydrogen-bond acceptors (Lipinski definition) is 3. The van der Waals surface area contributed by atoms with E-state index in [0.717, 1.165) is 16.8 Å². The molecule has 0 fully saturated rings. The number of hydrogen-bond donors (Lipinski definition) is 2. The normalized spacial score (nSPS) is 10.2. The highest BCUT2D eigenvalue weighted by atomic mass is 19.1. The second-order valence-corrected chi connectivity index (χ2v) is 4.71. The van der Waals surface area contributed by atoms with Crippen LogP contribution in [0.2, 0.25) is 0 Å². The molecule has 0 aliphatic heterocycles. The fraction of sp³-hybridized carbons (Fsp3) is 0.188. The summed E-state index contributed by atoms with van der Waals surface area (Å²) in [5, 5.41) is 3.18. The Balaban J connectivity index is 1.94. The first-order valence-corrected chi connectivity index (χ1v) is 6.54. The van der Waals surface area contributed by atoms with Gasteiger partial charge in [0.1, 0.15) is 11.6 Å². The third kappa shape index (κ3) is 4.49. The van der Waals surface area contributed by atoms with Crippen LogP contribution in [0.1, 0.15) is 11.1 Å². The minimum atomic E-state index is -0.512. The molecule has 0 heterocycles. The number of ether oxygens (including phenoxy) is 1. The highest BCUT2D eigenvalue weighted by Crippen LogP contribution is 2.18. The molecule has 1 amide bonds. The van der Waals surface area contributed by atoms with Gasteiger partial charge in [-0.1, -0.05) is 18.2 Å². The summed E-state index contributed by atoms with van der Waals surface area (Å²) in [4.78, 5) is 10.6. The summed E-state index contributed by atoms with van der Waals surface area (Å²) in [7, 11) is 0. The Morgan fingerprint density at radius 2 is 1.95 bits per heavy atom. The van der Waals surface area contributed by atoms with E-state index in [0.29, 0.717) is 12.3 Å². The van der Waals surface area contributed by atoms with E-state index in [4.69, 9.17) is 10.5 Å². The van der Waals surface area contributed by atoms with Crippen molar-refractivity contribution >= 4 is 11.6 Å². The first-order valence-electron chi connectivity index (χ1n) is 6.54. The number of nitrogens with two attached hydrogens (primary N) is 1. The van der Waals surface area contributed by atoms with Gasteiger partial charge in [-0.25, -0.2) is 4.39 Å². The standard InChI is InChI=1S/C16H17FN2O2/c1-11-2-5-13(17)8-15(11)19-9-12-3-6-14(7-4-12)21-10-16(18)20/h2-8,19H,9-10H2,1H3,(H2,18,20). The quantitative estimate of drug-likeness (QED) is 0.858. The fourth-order valence-electron chi connectivity index (χ4n) is 1.84. The first-order chi connectivity index (χ1) is 10.0. The third-order valence-electron chi connectivity index (χ3n) is 2.99. The number of benzene rings is 2. The maximum absolute atomic E-state index is 13.2. The number of amides is 1. The molecule has 3 N–H and O–H groups in total. The van der Waals surface area contributed by atoms with E-state index >= 15 is 0 Å². The lowest BCUT2D eigenvalue weighted by atomic mass is 10.1. The van der Waals surface area contributed by atoms with Gasteiger partial charge in [0.15, 0.2) is 6.61 Å². The number of halogens is 1. The van der Waals surface area contributed by atoms with Crippen molar-refractivity contribution in [3.63, 3.8) is 0 Å². The molecule has 0 saturated carbocycles. The molecule has 0 spiro atoms. The topological polar surface area (TPSA) is 64.3 Å². The lowest BCUT2D eigenvalue weighted by Gasteiger charge is -2.10. The lowest BCUT2D eigenvalue weighted by Crippen LogP contribution is -2.19. The lowest BCUT2D eigenvalue weighted by molar-refractivity contribution is -0.119. The van der Waals surface area contributed by atoms with Crippen LogP contribution in [0.25, 0.3) is 0 Å². The van der Waals surface area contributed by atoms with E-state index in [1.165, 1.54) is 12.1 Å². The number of rotatable bonds is 6. The summed E-state index contributed by atoms with van der Waals surface area (Å²) < 4.78 is 18.4. The minimum absolute atomic E-state index is 0.139. The van der Waals surface area contributed by atoms with Crippen molar-refractivity contribution < 1.29 is 13.9 Å². The monoisotopic (exact) mass is 288 g/mol. The molecule has 0 unspecified atom stereocenters. The Kier molecular flexibility index (Phi) is 4.77. The molecule has 0 saturated heterocycles. The van der Waals surface area contributed by atoms with Crippen LogP contribution in [0.5, 0.6) is 5.75 Å². The van der Waals surface area contributed by atoms with Gasteiger partial charge in [0.05, 0.1) is 0 Å². The third-order valence-corrected chi connectivity index (χ3v) is 2.99. The second kappa shape index (κ2) is 6.74. The van der Waals surface area contributed by atoms with Gasteiger partial charge in [-0.15, -0.1) is 0 Å². The summed E-state index contributed by atoms with van der Waals surface area (Å²) in [6, 6.07) is 11.9. The van der Waals surface area contributed by atoms with Crippen molar-refractivity contribution in [2.45, 2.75) is 13.5 Å². The van der Waals surface area contributed by atoms with Crippen molar-refractivity contribution in [2.24, 2.45) is 5.73 Å². The molecule has 5 heteroatoms. The molecule has 2 aromatic carbocycles. The average molecular weight is 288 g/mol. The van der Waals surface area contributed by atoms with Crippen molar-refractivity contribution in [1.82, 2.24) is 0 Å². The Labute approximate surface area is 122 Å². The van der Waals surface area contributed by atoms with Gasteiger partial charge in [-0.3, -0.25) is 4.79 Å². The number of carbonyl (C=O) groups excluding carboxylic acids is 1. The number of primary amides is 1. The van der Waals surface area contributed by atoms with Crippen LogP contribution >= 0.6 is 0 Å². The van der Waals surface area contributed by atoms with Crippen LogP contribution in [-0.2, 0) is 11.3 Å². The number of aryl methyl sites for hydroxylation is 1. The number of carbonyl (C=O) groups is 1. The second-order valence-electron chi connectivity index (χ2n) is 4.71. The van der Waals surface area contributed by atoms with Gasteiger partial charge in [0.2, 0.25) is 0 Å². The molecule has 21 heavy (non-hydrogen) atoms. The van der Waals surface area contributed by atoms with Crippen molar-refractivity contribution in [3.8, 4) is 5.75 Å². The van der Waals surface area contributed by atoms with Crippen molar-refractivity contribution in [1.29, 1.82) is 0 Å². The Bertz CT molecular complexity index is 627. The van der Waals surface area contributed by atoms with Gasteiger partial charge in [0.25, 0.3) is 5.91 Å². The van der Waals surface area contributed by atoms with Crippen LogP contribution in [-0.4, -0.2) is 12.5 Å². The Hall–Kier alpha value is -2.56. The van der Waals surface area contributed by atoms with Crippen LogP contribution < -0.4 is 15.8 Å². The molecule has 110 valence electrons. The summed E-state index contributed by atoms with van der Waals surface area (Å²) in [6.07, 6.45) is 0. The molecule has 0 aliphatic rings. The molecule has 0 radical (unpaired) electrons. The number of nitrogens with one attached hydrogen (secondary N) is 1. The van der Waals surface area contributed by atoms with Gasteiger partial charge in [0, 0.05) is 12.2 Å². The first kappa shape index (κ1) is 14.8. The largest absolute Gasteiger partial charge is 0.484 e. The van der Waals surface area contributed by atoms with Crippen LogP contribution in [0.4, 0.5) is 10.1 Å². The van der Waals surface area contributed by atoms with E-state index in [-0.39, 0.29) is 12.4 Å². The van der Waals surface area contributed by atoms with Gasteiger partial charge >= 0.3 is 0 Å². The molecule has 0 bridgehead atoms. The molecular weight excluding hydrogens is 271 g/mol. The maximum atomic E-state index is 13.2. The van der Waals surface area contributed by atoms with E-state index in [1.54, 1.807) is 18.2 Å². The molecular formula is C16H17FN2O2. The number of anilines is 1. The SMILES string of the molecule is Cc1ccc(F)cc1NCc1ccc(OCC(N)=O)cc1. The van der Waals surface area contributed by atoms with Gasteiger partial charge in [-0.2, -0.15) is 0 Å². The van der Waals surface area contributed by atoms with E-state index in [9.17, 15) is 9.18 Å². The van der Waals surface area contributed by atoms with E-state index in [1.807, 2.05) is 19.1 Å². The summed E-state index contributed by atoms with van der Waals surface area (Å²) in [6.45, 7) is 2.35. The molecule has 0 aliphatic carbocycles. The highest BCUT2D eigenvalue weighted by molar-refractivity contribution is 5.75. The zero-order valence-electron chi connectivity index (χ0n) is 11.7. The van der Waals surface area contributed by atoms with Crippen molar-refractivity contribution in [2.75, 3.05) is 11.9 Å². The van der Waals surface area contributed by atoms with Gasteiger partial charge < -0.3 is 15.8 Å². The molecule has 0 atom stereocenters. The predicted molar refractivity (Wildman–Crippen MR) is 79.6 cm³/mol.